The minimum absolute atomic E-state index is 0.119. The van der Waals surface area contributed by atoms with Gasteiger partial charge in [-0.1, -0.05) is 20.3 Å². The van der Waals surface area contributed by atoms with Crippen LogP contribution in [0.2, 0.25) is 0 Å². The number of nitrogens with zero attached hydrogens (tertiary/aromatic N) is 1. The van der Waals surface area contributed by atoms with Crippen molar-refractivity contribution in [3.8, 4) is 0 Å². The Morgan fingerprint density at radius 2 is 1.89 bits per heavy atom. The quantitative estimate of drug-likeness (QED) is 0.754. The predicted octanol–water partition coefficient (Wildman–Crippen LogP) is 1.32. The molecule has 5 heteroatoms. The summed E-state index contributed by atoms with van der Waals surface area (Å²) in [6.45, 7) is 5.28. The first-order valence-corrected chi connectivity index (χ1v) is 6.53. The molecule has 2 atom stereocenters. The van der Waals surface area contributed by atoms with Crippen molar-refractivity contribution in [2.24, 2.45) is 11.8 Å². The van der Waals surface area contributed by atoms with Gasteiger partial charge in [0.2, 0.25) is 0 Å². The Hall–Kier alpha value is -1.39. The number of ketones is 1. The van der Waals surface area contributed by atoms with E-state index in [1.165, 1.54) is 6.92 Å². The lowest BCUT2D eigenvalue weighted by atomic mass is 9.67. The highest BCUT2D eigenvalue weighted by atomic mass is 16.2. The van der Waals surface area contributed by atoms with Gasteiger partial charge in [-0.15, -0.1) is 0 Å². The Bertz CT molecular complexity index is 395. The Labute approximate surface area is 107 Å². The number of amides is 3. The van der Waals surface area contributed by atoms with Crippen LogP contribution in [0.4, 0.5) is 4.79 Å². The first-order valence-electron chi connectivity index (χ1n) is 6.53. The van der Waals surface area contributed by atoms with Gasteiger partial charge in [-0.2, -0.15) is 0 Å². The molecule has 100 valence electrons. The van der Waals surface area contributed by atoms with E-state index in [0.29, 0.717) is 0 Å². The third-order valence-corrected chi connectivity index (χ3v) is 4.37. The Morgan fingerprint density at radius 1 is 1.33 bits per heavy atom. The summed E-state index contributed by atoms with van der Waals surface area (Å²) in [4.78, 5) is 36.7. The predicted molar refractivity (Wildman–Crippen MR) is 65.8 cm³/mol. The van der Waals surface area contributed by atoms with E-state index < -0.39 is 11.6 Å². The second kappa shape index (κ2) is 4.37. The summed E-state index contributed by atoms with van der Waals surface area (Å²) in [7, 11) is 0. The van der Waals surface area contributed by atoms with Crippen molar-refractivity contribution >= 4 is 17.7 Å². The molecule has 2 unspecified atom stereocenters. The third kappa shape index (κ3) is 1.72. The van der Waals surface area contributed by atoms with Crippen LogP contribution in [-0.2, 0) is 9.59 Å². The molecule has 1 N–H and O–H groups in total. The van der Waals surface area contributed by atoms with Crippen LogP contribution in [0, 0.1) is 11.8 Å². The first kappa shape index (κ1) is 13.1. The lowest BCUT2D eigenvalue weighted by molar-refractivity contribution is -0.138. The number of hydrogen-bond donors (Lipinski definition) is 1. The molecular weight excluding hydrogens is 232 g/mol. The Balaban J connectivity index is 2.32. The Morgan fingerprint density at radius 3 is 2.39 bits per heavy atom. The summed E-state index contributed by atoms with van der Waals surface area (Å²) < 4.78 is 0. The molecule has 1 saturated carbocycles. The topological polar surface area (TPSA) is 66.5 Å². The smallest absolute Gasteiger partial charge is 0.323 e. The summed E-state index contributed by atoms with van der Waals surface area (Å²) in [5.41, 5.74) is -0.787. The lowest BCUT2D eigenvalue weighted by Gasteiger charge is -2.42. The SMILES string of the molecule is CC(=O)CN1C(=O)NC2(C1=O)C(C)CCCC2C. The van der Waals surface area contributed by atoms with Crippen LogP contribution in [0.25, 0.3) is 0 Å². The fourth-order valence-corrected chi connectivity index (χ4v) is 3.32. The highest BCUT2D eigenvalue weighted by Crippen LogP contribution is 2.41. The fraction of sp³-hybridized carbons (Fsp3) is 0.769. The molecule has 1 aliphatic carbocycles. The molecule has 2 aliphatic rings. The number of hydrogen-bond acceptors (Lipinski definition) is 3. The zero-order valence-electron chi connectivity index (χ0n) is 11.2. The zero-order chi connectivity index (χ0) is 13.5. The minimum Gasteiger partial charge on any atom is -0.323 e. The van der Waals surface area contributed by atoms with Crippen molar-refractivity contribution in [2.75, 3.05) is 6.54 Å². The van der Waals surface area contributed by atoms with Crippen molar-refractivity contribution in [1.82, 2.24) is 10.2 Å². The van der Waals surface area contributed by atoms with Crippen LogP contribution in [0.15, 0.2) is 0 Å². The van der Waals surface area contributed by atoms with Gasteiger partial charge < -0.3 is 5.32 Å². The summed E-state index contributed by atoms with van der Waals surface area (Å²) >= 11 is 0. The van der Waals surface area contributed by atoms with E-state index in [1.54, 1.807) is 0 Å². The van der Waals surface area contributed by atoms with Crippen LogP contribution >= 0.6 is 0 Å². The molecule has 2 rings (SSSR count). The number of carbonyl (C=O) groups excluding carboxylic acids is 3. The molecule has 2 fully saturated rings. The molecule has 1 heterocycles. The molecule has 3 amide bonds. The zero-order valence-corrected chi connectivity index (χ0v) is 11.2. The standard InChI is InChI=1S/C13H20N2O3/c1-8-5-4-6-9(2)13(8)11(17)15(7-10(3)16)12(18)14-13/h8-9H,4-7H2,1-3H3,(H,14,18). The average Bonchev–Trinajstić information content (AvgIpc) is 2.52. The summed E-state index contributed by atoms with van der Waals surface area (Å²) in [5.74, 6) is -0.154. The minimum atomic E-state index is -0.787. The van der Waals surface area contributed by atoms with Crippen LogP contribution in [-0.4, -0.2) is 34.7 Å². The second-order valence-electron chi connectivity index (χ2n) is 5.63. The van der Waals surface area contributed by atoms with Gasteiger partial charge in [0.25, 0.3) is 5.91 Å². The van der Waals surface area contributed by atoms with E-state index >= 15 is 0 Å². The van der Waals surface area contributed by atoms with Crippen molar-refractivity contribution in [3.05, 3.63) is 0 Å². The van der Waals surface area contributed by atoms with E-state index in [-0.39, 0.29) is 30.1 Å². The molecule has 0 aromatic rings. The summed E-state index contributed by atoms with van der Waals surface area (Å²) in [5, 5.41) is 2.86. The Kier molecular flexibility index (Phi) is 3.17. The molecule has 1 spiro atoms. The third-order valence-electron chi connectivity index (χ3n) is 4.37. The van der Waals surface area contributed by atoms with Gasteiger partial charge in [-0.05, 0) is 31.6 Å². The number of rotatable bonds is 2. The number of nitrogens with one attached hydrogen (secondary N) is 1. The molecule has 1 saturated heterocycles. The van der Waals surface area contributed by atoms with Gasteiger partial charge in [0.05, 0.1) is 6.54 Å². The highest BCUT2D eigenvalue weighted by molar-refractivity contribution is 6.09. The van der Waals surface area contributed by atoms with E-state index in [9.17, 15) is 14.4 Å². The molecule has 18 heavy (non-hydrogen) atoms. The largest absolute Gasteiger partial charge is 0.325 e. The number of imide groups is 1. The van der Waals surface area contributed by atoms with Crippen molar-refractivity contribution in [1.29, 1.82) is 0 Å². The van der Waals surface area contributed by atoms with Gasteiger partial charge in [-0.3, -0.25) is 14.5 Å². The first-order chi connectivity index (χ1) is 8.39. The number of Topliss-reactive ketones (excluding diaryl/α,β-unsaturated/α-hetero) is 1. The molecular formula is C13H20N2O3. The van der Waals surface area contributed by atoms with Gasteiger partial charge >= 0.3 is 6.03 Å². The average molecular weight is 252 g/mol. The van der Waals surface area contributed by atoms with Crippen LogP contribution in [0.3, 0.4) is 0 Å². The molecule has 1 aliphatic heterocycles. The van der Waals surface area contributed by atoms with Crippen LogP contribution in [0.5, 0.6) is 0 Å². The number of urea groups is 1. The highest BCUT2D eigenvalue weighted by Gasteiger charge is 2.58. The van der Waals surface area contributed by atoms with E-state index in [1.807, 2.05) is 13.8 Å². The van der Waals surface area contributed by atoms with E-state index in [0.717, 1.165) is 24.2 Å². The van der Waals surface area contributed by atoms with Gasteiger partial charge in [0.1, 0.15) is 11.3 Å². The van der Waals surface area contributed by atoms with E-state index in [2.05, 4.69) is 5.32 Å². The lowest BCUT2D eigenvalue weighted by Crippen LogP contribution is -2.59. The van der Waals surface area contributed by atoms with Gasteiger partial charge in [-0.25, -0.2) is 4.79 Å². The molecule has 0 aromatic carbocycles. The summed E-state index contributed by atoms with van der Waals surface area (Å²) in [6.07, 6.45) is 2.95. The normalized spacial score (nSPS) is 36.1. The molecule has 0 radical (unpaired) electrons. The van der Waals surface area contributed by atoms with Crippen molar-refractivity contribution in [3.63, 3.8) is 0 Å². The van der Waals surface area contributed by atoms with Crippen LogP contribution < -0.4 is 5.32 Å². The maximum absolute atomic E-state index is 12.5. The molecule has 5 nitrogen and oxygen atoms in total. The maximum Gasteiger partial charge on any atom is 0.325 e. The molecule has 0 aromatic heterocycles. The fourth-order valence-electron chi connectivity index (χ4n) is 3.32. The van der Waals surface area contributed by atoms with E-state index in [4.69, 9.17) is 0 Å². The monoisotopic (exact) mass is 252 g/mol. The van der Waals surface area contributed by atoms with Gasteiger partial charge in [0.15, 0.2) is 0 Å². The van der Waals surface area contributed by atoms with Crippen molar-refractivity contribution in [2.45, 2.75) is 45.6 Å². The number of carbonyl (C=O) groups is 3. The van der Waals surface area contributed by atoms with Crippen molar-refractivity contribution < 1.29 is 14.4 Å². The van der Waals surface area contributed by atoms with Gasteiger partial charge in [0, 0.05) is 0 Å². The second-order valence-corrected chi connectivity index (χ2v) is 5.63. The van der Waals surface area contributed by atoms with Crippen LogP contribution in [0.1, 0.15) is 40.0 Å². The molecule has 0 bridgehead atoms. The summed E-state index contributed by atoms with van der Waals surface area (Å²) in [6, 6.07) is -0.421. The maximum atomic E-state index is 12.5.